The summed E-state index contributed by atoms with van der Waals surface area (Å²) in [6.45, 7) is 1.89. The summed E-state index contributed by atoms with van der Waals surface area (Å²) in [6.07, 6.45) is 0. The standard InChI is InChI=1S/C24H18ClN3O3S/c1-14-6-11-18(19(25)12-14)22(29)28-24(32)27-17-9-7-16(8-10-17)26-23(30)21-13-15-4-2-3-5-20(15)31-21/h2-13H,1H3,(H,26,30)(H2,27,28,29,32). The van der Waals surface area contributed by atoms with E-state index < -0.39 is 5.91 Å². The van der Waals surface area contributed by atoms with Gasteiger partial charge in [-0.2, -0.15) is 0 Å². The number of anilines is 2. The molecule has 0 bridgehead atoms. The van der Waals surface area contributed by atoms with Gasteiger partial charge < -0.3 is 15.1 Å². The Balaban J connectivity index is 1.35. The average molecular weight is 464 g/mol. The van der Waals surface area contributed by atoms with Gasteiger partial charge in [0.05, 0.1) is 10.6 Å². The minimum Gasteiger partial charge on any atom is -0.451 e. The van der Waals surface area contributed by atoms with E-state index >= 15 is 0 Å². The maximum absolute atomic E-state index is 12.5. The zero-order valence-corrected chi connectivity index (χ0v) is 18.5. The van der Waals surface area contributed by atoms with Crippen molar-refractivity contribution in [1.82, 2.24) is 5.32 Å². The smallest absolute Gasteiger partial charge is 0.291 e. The quantitative estimate of drug-likeness (QED) is 0.334. The van der Waals surface area contributed by atoms with Crippen molar-refractivity contribution < 1.29 is 14.0 Å². The Labute approximate surface area is 194 Å². The van der Waals surface area contributed by atoms with Crippen LogP contribution < -0.4 is 16.0 Å². The van der Waals surface area contributed by atoms with Crippen LogP contribution in [0.3, 0.4) is 0 Å². The van der Waals surface area contributed by atoms with Crippen LogP contribution in [0.2, 0.25) is 5.02 Å². The molecule has 0 unspecified atom stereocenters. The van der Waals surface area contributed by atoms with Crippen LogP contribution in [0, 0.1) is 6.92 Å². The van der Waals surface area contributed by atoms with Crippen molar-refractivity contribution in [2.75, 3.05) is 10.6 Å². The molecule has 3 N–H and O–H groups in total. The Bertz CT molecular complexity index is 1300. The Morgan fingerprint density at radius 1 is 0.875 bits per heavy atom. The van der Waals surface area contributed by atoms with Crippen LogP contribution in [0.4, 0.5) is 11.4 Å². The number of halogens is 1. The van der Waals surface area contributed by atoms with Gasteiger partial charge in [0.1, 0.15) is 5.58 Å². The Morgan fingerprint density at radius 2 is 1.56 bits per heavy atom. The van der Waals surface area contributed by atoms with Crippen LogP contribution in [0.1, 0.15) is 26.5 Å². The van der Waals surface area contributed by atoms with Gasteiger partial charge in [0, 0.05) is 16.8 Å². The lowest BCUT2D eigenvalue weighted by Gasteiger charge is -2.11. The number of carbonyl (C=O) groups excluding carboxylic acids is 2. The molecular formula is C24H18ClN3O3S. The van der Waals surface area contributed by atoms with Gasteiger partial charge in [-0.3, -0.25) is 14.9 Å². The minimum atomic E-state index is -0.401. The van der Waals surface area contributed by atoms with Gasteiger partial charge in [-0.15, -0.1) is 0 Å². The van der Waals surface area contributed by atoms with Crippen molar-refractivity contribution in [3.8, 4) is 0 Å². The van der Waals surface area contributed by atoms with E-state index in [2.05, 4.69) is 16.0 Å². The molecule has 3 aromatic carbocycles. The van der Waals surface area contributed by atoms with Gasteiger partial charge >= 0.3 is 0 Å². The lowest BCUT2D eigenvalue weighted by atomic mass is 10.1. The number of amides is 2. The Morgan fingerprint density at radius 3 is 2.25 bits per heavy atom. The third-order valence-corrected chi connectivity index (χ3v) is 5.16. The summed E-state index contributed by atoms with van der Waals surface area (Å²) < 4.78 is 5.58. The number of nitrogens with one attached hydrogen (secondary N) is 3. The van der Waals surface area contributed by atoms with Gasteiger partial charge in [-0.25, -0.2) is 0 Å². The summed E-state index contributed by atoms with van der Waals surface area (Å²) in [5.41, 5.74) is 3.18. The predicted octanol–water partition coefficient (Wildman–Crippen LogP) is 5.77. The molecule has 2 amide bonds. The summed E-state index contributed by atoms with van der Waals surface area (Å²) in [5, 5.41) is 9.66. The van der Waals surface area contributed by atoms with E-state index in [1.807, 2.05) is 25.1 Å². The molecule has 8 heteroatoms. The molecule has 160 valence electrons. The fourth-order valence-electron chi connectivity index (χ4n) is 3.06. The second-order valence-corrected chi connectivity index (χ2v) is 7.89. The zero-order chi connectivity index (χ0) is 22.7. The van der Waals surface area contributed by atoms with Gasteiger partial charge in [0.25, 0.3) is 11.8 Å². The molecule has 6 nitrogen and oxygen atoms in total. The highest BCUT2D eigenvalue weighted by atomic mass is 35.5. The van der Waals surface area contributed by atoms with Crippen molar-refractivity contribution in [1.29, 1.82) is 0 Å². The molecule has 1 aromatic heterocycles. The molecule has 0 saturated heterocycles. The highest BCUT2D eigenvalue weighted by Crippen LogP contribution is 2.21. The van der Waals surface area contributed by atoms with Gasteiger partial charge in [0.15, 0.2) is 10.9 Å². The van der Waals surface area contributed by atoms with Gasteiger partial charge in [-0.05, 0) is 73.2 Å². The first-order valence-electron chi connectivity index (χ1n) is 9.67. The van der Waals surface area contributed by atoms with E-state index in [1.54, 1.807) is 54.6 Å². The van der Waals surface area contributed by atoms with Crippen LogP contribution in [-0.2, 0) is 0 Å². The normalized spacial score (nSPS) is 10.6. The van der Waals surface area contributed by atoms with Crippen molar-refractivity contribution in [2.45, 2.75) is 6.92 Å². The molecule has 4 aromatic rings. The van der Waals surface area contributed by atoms with Gasteiger partial charge in [-0.1, -0.05) is 35.9 Å². The summed E-state index contributed by atoms with van der Waals surface area (Å²) in [5.74, 6) is -0.519. The Hall–Kier alpha value is -3.68. The van der Waals surface area contributed by atoms with Crippen LogP contribution in [0.25, 0.3) is 11.0 Å². The molecule has 0 aliphatic heterocycles. The minimum absolute atomic E-state index is 0.130. The largest absolute Gasteiger partial charge is 0.451 e. The van der Waals surface area contributed by atoms with Crippen LogP contribution in [-0.4, -0.2) is 16.9 Å². The molecule has 32 heavy (non-hydrogen) atoms. The van der Waals surface area contributed by atoms with Crippen molar-refractivity contribution in [2.24, 2.45) is 0 Å². The first-order chi connectivity index (χ1) is 15.4. The number of benzene rings is 3. The SMILES string of the molecule is Cc1ccc(C(=O)NC(=S)Nc2ccc(NC(=O)c3cc4ccccc4o3)cc2)c(Cl)c1. The number of hydrogen-bond donors (Lipinski definition) is 3. The maximum atomic E-state index is 12.5. The van der Waals surface area contributed by atoms with Crippen LogP contribution in [0.5, 0.6) is 0 Å². The number of hydrogen-bond acceptors (Lipinski definition) is 4. The van der Waals surface area contributed by atoms with E-state index in [-0.39, 0.29) is 16.8 Å². The number of carbonyl (C=O) groups is 2. The summed E-state index contributed by atoms with van der Waals surface area (Å²) >= 11 is 11.3. The average Bonchev–Trinajstić information content (AvgIpc) is 3.19. The van der Waals surface area contributed by atoms with E-state index in [0.29, 0.717) is 27.5 Å². The van der Waals surface area contributed by atoms with E-state index in [1.165, 1.54) is 0 Å². The third kappa shape index (κ3) is 4.96. The molecule has 0 radical (unpaired) electrons. The molecule has 0 fully saturated rings. The molecule has 4 rings (SSSR count). The molecule has 0 aliphatic rings. The predicted molar refractivity (Wildman–Crippen MR) is 130 cm³/mol. The lowest BCUT2D eigenvalue weighted by Crippen LogP contribution is -2.34. The maximum Gasteiger partial charge on any atom is 0.291 e. The molecule has 0 saturated carbocycles. The number of para-hydroxylation sites is 1. The first kappa shape index (κ1) is 21.5. The highest BCUT2D eigenvalue weighted by Gasteiger charge is 2.14. The Kier molecular flexibility index (Phi) is 6.20. The number of furan rings is 1. The lowest BCUT2D eigenvalue weighted by molar-refractivity contribution is 0.0975. The van der Waals surface area contributed by atoms with Crippen molar-refractivity contribution in [3.05, 3.63) is 94.7 Å². The first-order valence-corrected chi connectivity index (χ1v) is 10.5. The number of rotatable bonds is 4. The summed E-state index contributed by atoms with van der Waals surface area (Å²) in [7, 11) is 0. The zero-order valence-electron chi connectivity index (χ0n) is 16.9. The van der Waals surface area contributed by atoms with Gasteiger partial charge in [0.2, 0.25) is 0 Å². The fourth-order valence-corrected chi connectivity index (χ4v) is 3.59. The van der Waals surface area contributed by atoms with E-state index in [4.69, 9.17) is 28.2 Å². The van der Waals surface area contributed by atoms with E-state index in [9.17, 15) is 9.59 Å². The highest BCUT2D eigenvalue weighted by molar-refractivity contribution is 7.80. The third-order valence-electron chi connectivity index (χ3n) is 4.65. The van der Waals surface area contributed by atoms with E-state index in [0.717, 1.165) is 10.9 Å². The van der Waals surface area contributed by atoms with Crippen LogP contribution >= 0.6 is 23.8 Å². The molecule has 0 atom stereocenters. The molecule has 0 aliphatic carbocycles. The topological polar surface area (TPSA) is 83.4 Å². The monoisotopic (exact) mass is 463 g/mol. The molecule has 0 spiro atoms. The number of thiocarbonyl (C=S) groups is 1. The molecule has 1 heterocycles. The van der Waals surface area contributed by atoms with Crippen LogP contribution in [0.15, 0.2) is 77.2 Å². The van der Waals surface area contributed by atoms with Crippen molar-refractivity contribution >= 4 is 63.1 Å². The summed E-state index contributed by atoms with van der Waals surface area (Å²) in [4.78, 5) is 24.8. The van der Waals surface area contributed by atoms with Crippen molar-refractivity contribution in [3.63, 3.8) is 0 Å². The number of aryl methyl sites for hydroxylation is 1. The number of fused-ring (bicyclic) bond motifs is 1. The summed E-state index contributed by atoms with van der Waals surface area (Å²) in [6, 6.07) is 21.2. The molecular weight excluding hydrogens is 446 g/mol. The second-order valence-electron chi connectivity index (χ2n) is 7.07. The fraction of sp³-hybridized carbons (Fsp3) is 0.0417. The second kappa shape index (κ2) is 9.21.